The van der Waals surface area contributed by atoms with Crippen molar-refractivity contribution >= 4 is 89.6 Å². The van der Waals surface area contributed by atoms with Crippen molar-refractivity contribution in [2.75, 3.05) is 24.8 Å². The molecule has 2 atom stereocenters. The highest BCUT2D eigenvalue weighted by Crippen LogP contribution is 2.57. The largest absolute Gasteiger partial charge is 0.335 e. The van der Waals surface area contributed by atoms with Gasteiger partial charge in [-0.05, 0) is 86.8 Å². The van der Waals surface area contributed by atoms with E-state index in [9.17, 15) is 9.59 Å². The fourth-order valence-electron chi connectivity index (χ4n) is 4.78. The third kappa shape index (κ3) is 8.79. The molecule has 11 heteroatoms. The van der Waals surface area contributed by atoms with Gasteiger partial charge in [-0.25, -0.2) is 0 Å². The Morgan fingerprint density at radius 1 is 0.692 bits per heavy atom. The van der Waals surface area contributed by atoms with Crippen molar-refractivity contribution in [3.05, 3.63) is 69.7 Å². The Balaban J connectivity index is 2.45. The molecule has 2 aromatic carbocycles. The average Bonchev–Trinajstić information content (AvgIpc) is 2.90. The lowest BCUT2D eigenvalue weighted by Gasteiger charge is -2.44. The summed E-state index contributed by atoms with van der Waals surface area (Å²) in [4.78, 5) is 29.3. The highest BCUT2D eigenvalue weighted by Gasteiger charge is 2.41. The van der Waals surface area contributed by atoms with Crippen LogP contribution in [0.3, 0.4) is 0 Å². The van der Waals surface area contributed by atoms with E-state index in [1.807, 2.05) is 72.2 Å². The van der Waals surface area contributed by atoms with Crippen molar-refractivity contribution in [3.63, 3.8) is 0 Å². The first kappa shape index (κ1) is 34.8. The lowest BCUT2D eigenvalue weighted by atomic mass is 9.92. The van der Waals surface area contributed by atoms with E-state index in [0.717, 1.165) is 11.1 Å². The Kier molecular flexibility index (Phi) is 14.0. The third-order valence-electron chi connectivity index (χ3n) is 6.75. The fraction of sp³-hybridized carbons (Fsp3) is 0.500. The van der Waals surface area contributed by atoms with E-state index in [1.165, 1.54) is 0 Å². The molecule has 2 amide bonds. The number of halogens is 4. The van der Waals surface area contributed by atoms with Gasteiger partial charge in [0.15, 0.2) is 0 Å². The van der Waals surface area contributed by atoms with Crippen LogP contribution in [-0.4, -0.2) is 57.5 Å². The molecular weight excluding hydrogens is 634 g/mol. The normalized spacial score (nSPS) is 13.6. The van der Waals surface area contributed by atoms with E-state index in [1.54, 1.807) is 31.4 Å². The summed E-state index contributed by atoms with van der Waals surface area (Å²) in [7, 11) is 5.00. The second kappa shape index (κ2) is 15.7. The molecule has 2 unspecified atom stereocenters. The summed E-state index contributed by atoms with van der Waals surface area (Å²) < 4.78 is 0. The Morgan fingerprint density at radius 2 is 1.00 bits per heavy atom. The number of nitrogens with zero attached hydrogens (tertiary/aromatic N) is 2. The fourth-order valence-corrected chi connectivity index (χ4v) is 11.3. The summed E-state index contributed by atoms with van der Waals surface area (Å²) in [6.07, 6.45) is 0. The van der Waals surface area contributed by atoms with Crippen LogP contribution in [0.15, 0.2) is 48.5 Å². The number of hydrogen-bond acceptors (Lipinski definition) is 5. The van der Waals surface area contributed by atoms with Crippen LogP contribution in [0.5, 0.6) is 0 Å². The van der Waals surface area contributed by atoms with E-state index < -0.39 is 11.1 Å². The van der Waals surface area contributed by atoms with Crippen molar-refractivity contribution in [2.45, 2.75) is 63.1 Å². The quantitative estimate of drug-likeness (QED) is 0.148. The van der Waals surface area contributed by atoms with Crippen LogP contribution in [-0.2, 0) is 9.59 Å². The average molecular weight is 671 g/mol. The number of hydrogen-bond donors (Lipinski definition) is 0. The molecule has 0 radical (unpaired) electrons. The maximum Gasteiger partial charge on any atom is 0.237 e. The molecular formula is C28H36Cl4N2O2S3. The first-order valence-corrected chi connectivity index (χ1v) is 18.0. The molecule has 0 spiro atoms. The Hall–Kier alpha value is -0.410. The molecule has 0 N–H and O–H groups in total. The second-order valence-electron chi connectivity index (χ2n) is 9.97. The molecule has 39 heavy (non-hydrogen) atoms. The van der Waals surface area contributed by atoms with Gasteiger partial charge in [0.2, 0.25) is 11.8 Å². The first-order valence-electron chi connectivity index (χ1n) is 12.6. The molecule has 0 saturated carbocycles. The van der Waals surface area contributed by atoms with Crippen LogP contribution >= 0.6 is 77.8 Å². The van der Waals surface area contributed by atoms with Crippen molar-refractivity contribution in [1.82, 2.24) is 9.80 Å². The highest BCUT2D eigenvalue weighted by atomic mass is 35.5. The SMILES string of the molecule is CCN(C(=O)CCl)C(C)(C)C(SSSC(c1ccc(Cl)cc1)C(C)(C)N(CC)C(=O)CCl)c1ccc(Cl)cc1. The lowest BCUT2D eigenvalue weighted by molar-refractivity contribution is -0.134. The van der Waals surface area contributed by atoms with Crippen LogP contribution in [0.4, 0.5) is 0 Å². The molecule has 0 bridgehead atoms. The lowest BCUT2D eigenvalue weighted by Crippen LogP contribution is -2.51. The van der Waals surface area contributed by atoms with E-state index in [-0.39, 0.29) is 34.1 Å². The van der Waals surface area contributed by atoms with Gasteiger partial charge < -0.3 is 9.80 Å². The summed E-state index contributed by atoms with van der Waals surface area (Å²) >= 11 is 24.4. The maximum atomic E-state index is 12.8. The predicted molar refractivity (Wildman–Crippen MR) is 176 cm³/mol. The standard InChI is InChI=1S/C28H36Cl4N2O2S3/c1-7-33(23(35)17-29)27(3,4)25(19-9-13-21(31)14-10-19)37-39-38-26(20-11-15-22(32)16-12-20)28(5,6)34(8-2)24(36)18-30/h9-16,25-26H,7-8,17-18H2,1-6H3. The molecule has 0 fully saturated rings. The zero-order valence-corrected chi connectivity index (χ0v) is 28.5. The van der Waals surface area contributed by atoms with Crippen molar-refractivity contribution < 1.29 is 9.59 Å². The van der Waals surface area contributed by atoms with Gasteiger partial charge in [-0.15, -0.1) is 23.2 Å². The van der Waals surface area contributed by atoms with Crippen molar-refractivity contribution in [1.29, 1.82) is 0 Å². The number of carbonyl (C=O) groups is 2. The molecule has 0 aliphatic heterocycles. The number of alkyl halides is 2. The van der Waals surface area contributed by atoms with E-state index in [4.69, 9.17) is 46.4 Å². The number of benzene rings is 2. The Bertz CT molecular complexity index is 1000. The van der Waals surface area contributed by atoms with Gasteiger partial charge in [-0.1, -0.05) is 69.1 Å². The van der Waals surface area contributed by atoms with Crippen LogP contribution < -0.4 is 0 Å². The number of carbonyl (C=O) groups excluding carboxylic acids is 2. The van der Waals surface area contributed by atoms with Gasteiger partial charge in [-0.3, -0.25) is 9.59 Å². The molecule has 4 nitrogen and oxygen atoms in total. The van der Waals surface area contributed by atoms with Gasteiger partial charge in [0.05, 0.1) is 21.6 Å². The minimum atomic E-state index is -0.553. The predicted octanol–water partition coefficient (Wildman–Crippen LogP) is 9.54. The summed E-state index contributed by atoms with van der Waals surface area (Å²) in [5.41, 5.74) is 1.00. The minimum absolute atomic E-state index is 0.0779. The van der Waals surface area contributed by atoms with E-state index >= 15 is 0 Å². The number of amides is 2. The van der Waals surface area contributed by atoms with E-state index in [2.05, 4.69) is 27.7 Å². The second-order valence-corrected chi connectivity index (χ2v) is 15.6. The van der Waals surface area contributed by atoms with Gasteiger partial charge in [0, 0.05) is 23.1 Å². The van der Waals surface area contributed by atoms with Gasteiger partial charge in [-0.2, -0.15) is 0 Å². The highest BCUT2D eigenvalue weighted by molar-refractivity contribution is 9.09. The summed E-state index contributed by atoms with van der Waals surface area (Å²) in [6.45, 7) is 13.3. The van der Waals surface area contributed by atoms with Crippen molar-refractivity contribution in [3.8, 4) is 0 Å². The zero-order chi connectivity index (χ0) is 29.4. The first-order chi connectivity index (χ1) is 18.3. The molecule has 216 valence electrons. The van der Waals surface area contributed by atoms with Crippen LogP contribution in [0, 0.1) is 0 Å². The number of rotatable bonds is 14. The monoisotopic (exact) mass is 668 g/mol. The van der Waals surface area contributed by atoms with E-state index in [0.29, 0.717) is 23.1 Å². The summed E-state index contributed by atoms with van der Waals surface area (Å²) in [6, 6.07) is 15.5. The smallest absolute Gasteiger partial charge is 0.237 e. The van der Waals surface area contributed by atoms with Gasteiger partial charge >= 0.3 is 0 Å². The third-order valence-corrected chi connectivity index (χ3v) is 13.0. The van der Waals surface area contributed by atoms with Gasteiger partial charge in [0.25, 0.3) is 0 Å². The van der Waals surface area contributed by atoms with Crippen molar-refractivity contribution in [2.24, 2.45) is 0 Å². The molecule has 0 aliphatic rings. The molecule has 0 aromatic heterocycles. The Labute approximate surface area is 265 Å². The maximum absolute atomic E-state index is 12.8. The molecule has 2 aromatic rings. The molecule has 2 rings (SSSR count). The Morgan fingerprint density at radius 3 is 1.26 bits per heavy atom. The topological polar surface area (TPSA) is 40.6 Å². The summed E-state index contributed by atoms with van der Waals surface area (Å²) in [5.74, 6) is -0.379. The number of likely N-dealkylation sites (N-methyl/N-ethyl adjacent to an activating group) is 2. The van der Waals surface area contributed by atoms with Crippen LogP contribution in [0.1, 0.15) is 63.2 Å². The molecule has 0 aliphatic carbocycles. The zero-order valence-electron chi connectivity index (χ0n) is 23.0. The molecule has 0 heterocycles. The van der Waals surface area contributed by atoms with Crippen LogP contribution in [0.2, 0.25) is 10.0 Å². The van der Waals surface area contributed by atoms with Crippen LogP contribution in [0.25, 0.3) is 0 Å². The minimum Gasteiger partial charge on any atom is -0.335 e. The molecule has 0 saturated heterocycles. The van der Waals surface area contributed by atoms with Gasteiger partial charge in [0.1, 0.15) is 11.8 Å². The summed E-state index contributed by atoms with van der Waals surface area (Å²) in [5, 5.41) is 1.11.